The first-order valence-corrected chi connectivity index (χ1v) is 5.63. The molecule has 17 heavy (non-hydrogen) atoms. The Hall–Kier alpha value is -1.59. The molecule has 6 nitrogen and oxygen atoms in total. The van der Waals surface area contributed by atoms with Crippen molar-refractivity contribution in [2.24, 2.45) is 11.8 Å². The fourth-order valence-electron chi connectivity index (χ4n) is 2.07. The molecule has 0 aromatic rings. The molecule has 1 rings (SSSR count). The molecule has 96 valence electrons. The molecule has 2 N–H and O–H groups in total. The molecule has 1 amide bonds. The third-order valence-electron chi connectivity index (χ3n) is 3.28. The highest BCUT2D eigenvalue weighted by Gasteiger charge is 2.42. The molecule has 1 heterocycles. The van der Waals surface area contributed by atoms with Gasteiger partial charge in [-0.2, -0.15) is 0 Å². The Morgan fingerprint density at radius 2 is 2.06 bits per heavy atom. The maximum atomic E-state index is 11.7. The highest BCUT2D eigenvalue weighted by molar-refractivity contribution is 5.89. The van der Waals surface area contributed by atoms with Crippen molar-refractivity contribution < 1.29 is 24.6 Å². The number of carboxylic acids is 2. The van der Waals surface area contributed by atoms with E-state index in [1.54, 1.807) is 6.92 Å². The predicted octanol–water partition coefficient (Wildman–Crippen LogP) is 0.419. The van der Waals surface area contributed by atoms with Gasteiger partial charge in [0.2, 0.25) is 5.91 Å². The molecule has 0 saturated carbocycles. The third-order valence-corrected chi connectivity index (χ3v) is 3.28. The van der Waals surface area contributed by atoms with Gasteiger partial charge in [-0.1, -0.05) is 20.3 Å². The van der Waals surface area contributed by atoms with Crippen molar-refractivity contribution in [2.45, 2.75) is 32.7 Å². The van der Waals surface area contributed by atoms with E-state index in [2.05, 4.69) is 0 Å². The zero-order chi connectivity index (χ0) is 13.2. The minimum absolute atomic E-state index is 0.00449. The molecule has 0 radical (unpaired) electrons. The Bertz CT molecular complexity index is 341. The molecular formula is C11H17NO5. The van der Waals surface area contributed by atoms with Crippen LogP contribution in [0.25, 0.3) is 0 Å². The van der Waals surface area contributed by atoms with Gasteiger partial charge in [0.15, 0.2) is 0 Å². The molecule has 0 aromatic carbocycles. The van der Waals surface area contributed by atoms with E-state index in [9.17, 15) is 14.4 Å². The van der Waals surface area contributed by atoms with Crippen LogP contribution in [0.3, 0.4) is 0 Å². The Labute approximate surface area is 99.2 Å². The summed E-state index contributed by atoms with van der Waals surface area (Å²) >= 11 is 0. The van der Waals surface area contributed by atoms with Crippen molar-refractivity contribution in [1.82, 2.24) is 4.90 Å². The Kier molecular flexibility index (Phi) is 4.09. The molecule has 1 unspecified atom stereocenters. The molecule has 1 saturated heterocycles. The fourth-order valence-corrected chi connectivity index (χ4v) is 2.07. The van der Waals surface area contributed by atoms with E-state index in [-0.39, 0.29) is 24.8 Å². The average Bonchev–Trinajstić information content (AvgIpc) is 2.60. The van der Waals surface area contributed by atoms with Crippen LogP contribution in [0.15, 0.2) is 0 Å². The SMILES string of the molecule is CC[C@H](C)[C@@H](C(=O)O)N1CC(C(=O)O)CC1=O. The Morgan fingerprint density at radius 3 is 2.41 bits per heavy atom. The zero-order valence-corrected chi connectivity index (χ0v) is 9.92. The number of hydrogen-bond acceptors (Lipinski definition) is 3. The van der Waals surface area contributed by atoms with Gasteiger partial charge >= 0.3 is 11.9 Å². The lowest BCUT2D eigenvalue weighted by atomic mass is 9.98. The first kappa shape index (κ1) is 13.5. The Morgan fingerprint density at radius 1 is 1.47 bits per heavy atom. The monoisotopic (exact) mass is 243 g/mol. The normalized spacial score (nSPS) is 23.5. The van der Waals surface area contributed by atoms with Crippen LogP contribution in [0.2, 0.25) is 0 Å². The standard InChI is InChI=1S/C11H17NO5/c1-3-6(2)9(11(16)17)12-5-7(10(14)15)4-8(12)13/h6-7,9H,3-5H2,1-2H3,(H,14,15)(H,16,17)/t6-,7?,9-/m0/s1. The number of carboxylic acid groups (broad SMARTS) is 2. The van der Waals surface area contributed by atoms with Crippen molar-refractivity contribution in [1.29, 1.82) is 0 Å². The summed E-state index contributed by atoms with van der Waals surface area (Å²) in [4.78, 5) is 34.8. The second-order valence-electron chi connectivity index (χ2n) is 4.45. The highest BCUT2D eigenvalue weighted by atomic mass is 16.4. The number of hydrogen-bond donors (Lipinski definition) is 2. The second kappa shape index (κ2) is 5.16. The second-order valence-corrected chi connectivity index (χ2v) is 4.45. The van der Waals surface area contributed by atoms with E-state index in [0.29, 0.717) is 6.42 Å². The maximum absolute atomic E-state index is 11.7. The summed E-state index contributed by atoms with van der Waals surface area (Å²) in [5.41, 5.74) is 0. The number of likely N-dealkylation sites (tertiary alicyclic amines) is 1. The number of nitrogens with zero attached hydrogens (tertiary/aromatic N) is 1. The lowest BCUT2D eigenvalue weighted by Gasteiger charge is -2.28. The smallest absolute Gasteiger partial charge is 0.326 e. The minimum atomic E-state index is -1.07. The van der Waals surface area contributed by atoms with Gasteiger partial charge in [-0.05, 0) is 5.92 Å². The molecule has 0 bridgehead atoms. The number of rotatable bonds is 5. The lowest BCUT2D eigenvalue weighted by Crippen LogP contribution is -2.46. The average molecular weight is 243 g/mol. The van der Waals surface area contributed by atoms with Gasteiger partial charge in [0.05, 0.1) is 5.92 Å². The largest absolute Gasteiger partial charge is 0.481 e. The van der Waals surface area contributed by atoms with E-state index in [1.807, 2.05) is 6.92 Å². The number of amides is 1. The van der Waals surface area contributed by atoms with Crippen molar-refractivity contribution in [3.63, 3.8) is 0 Å². The maximum Gasteiger partial charge on any atom is 0.326 e. The Balaban J connectivity index is 2.86. The summed E-state index contributed by atoms with van der Waals surface area (Å²) in [6.07, 6.45) is 0.522. The van der Waals surface area contributed by atoms with Gasteiger partial charge in [0.1, 0.15) is 6.04 Å². The van der Waals surface area contributed by atoms with Crippen molar-refractivity contribution in [2.75, 3.05) is 6.54 Å². The van der Waals surface area contributed by atoms with E-state index >= 15 is 0 Å². The quantitative estimate of drug-likeness (QED) is 0.729. The van der Waals surface area contributed by atoms with E-state index in [0.717, 1.165) is 0 Å². The van der Waals surface area contributed by atoms with Crippen LogP contribution in [0.1, 0.15) is 26.7 Å². The van der Waals surface area contributed by atoms with Gasteiger partial charge < -0.3 is 15.1 Å². The van der Waals surface area contributed by atoms with Crippen LogP contribution in [0, 0.1) is 11.8 Å². The van der Waals surface area contributed by atoms with E-state index in [1.165, 1.54) is 4.90 Å². The van der Waals surface area contributed by atoms with Crippen molar-refractivity contribution in [3.8, 4) is 0 Å². The van der Waals surface area contributed by atoms with Gasteiger partial charge in [-0.3, -0.25) is 9.59 Å². The van der Waals surface area contributed by atoms with Crippen molar-refractivity contribution in [3.05, 3.63) is 0 Å². The van der Waals surface area contributed by atoms with E-state index < -0.39 is 23.9 Å². The van der Waals surface area contributed by atoms with E-state index in [4.69, 9.17) is 10.2 Å². The topological polar surface area (TPSA) is 94.9 Å². The molecule has 1 aliphatic heterocycles. The molecule has 6 heteroatoms. The summed E-state index contributed by atoms with van der Waals surface area (Å²) in [5, 5.41) is 18.0. The molecule has 0 aromatic heterocycles. The van der Waals surface area contributed by atoms with Gasteiger partial charge in [-0.15, -0.1) is 0 Å². The van der Waals surface area contributed by atoms with Crippen LogP contribution >= 0.6 is 0 Å². The zero-order valence-electron chi connectivity index (χ0n) is 9.92. The van der Waals surface area contributed by atoms with Crippen LogP contribution in [-0.2, 0) is 14.4 Å². The van der Waals surface area contributed by atoms with Crippen LogP contribution in [0.4, 0.5) is 0 Å². The van der Waals surface area contributed by atoms with Gasteiger partial charge in [0.25, 0.3) is 0 Å². The van der Waals surface area contributed by atoms with Crippen molar-refractivity contribution >= 4 is 17.8 Å². The first-order chi connectivity index (χ1) is 7.88. The van der Waals surface area contributed by atoms with Crippen LogP contribution in [-0.4, -0.2) is 45.5 Å². The molecule has 0 aliphatic carbocycles. The predicted molar refractivity (Wildman–Crippen MR) is 58.3 cm³/mol. The summed E-state index contributed by atoms with van der Waals surface area (Å²) in [6, 6.07) is -0.920. The molecule has 1 fully saturated rings. The number of aliphatic carboxylic acids is 2. The molecular weight excluding hydrogens is 226 g/mol. The third kappa shape index (κ3) is 2.75. The number of carbonyl (C=O) groups excluding carboxylic acids is 1. The molecule has 1 aliphatic rings. The summed E-state index contributed by atoms with van der Waals surface area (Å²) in [5.74, 6) is -3.48. The lowest BCUT2D eigenvalue weighted by molar-refractivity contribution is -0.150. The number of carbonyl (C=O) groups is 3. The van der Waals surface area contributed by atoms with Gasteiger partial charge in [-0.25, -0.2) is 4.79 Å². The van der Waals surface area contributed by atoms with Gasteiger partial charge in [0, 0.05) is 13.0 Å². The highest BCUT2D eigenvalue weighted by Crippen LogP contribution is 2.25. The van der Waals surface area contributed by atoms with Crippen LogP contribution in [0.5, 0.6) is 0 Å². The minimum Gasteiger partial charge on any atom is -0.481 e. The molecule has 0 spiro atoms. The first-order valence-electron chi connectivity index (χ1n) is 5.63. The fraction of sp³-hybridized carbons (Fsp3) is 0.727. The van der Waals surface area contributed by atoms with Crippen LogP contribution < -0.4 is 0 Å². The summed E-state index contributed by atoms with van der Waals surface area (Å²) in [6.45, 7) is 3.59. The summed E-state index contributed by atoms with van der Waals surface area (Å²) in [7, 11) is 0. The summed E-state index contributed by atoms with van der Waals surface area (Å²) < 4.78 is 0. The molecule has 3 atom stereocenters.